The van der Waals surface area contributed by atoms with Gasteiger partial charge in [0.25, 0.3) is 5.91 Å². The van der Waals surface area contributed by atoms with Gasteiger partial charge in [-0.15, -0.1) is 0 Å². The van der Waals surface area contributed by atoms with Gasteiger partial charge in [0, 0.05) is 0 Å². The van der Waals surface area contributed by atoms with Crippen molar-refractivity contribution in [3.8, 4) is 0 Å². The molecule has 0 spiro atoms. The number of fused-ring (bicyclic) bond motifs is 1. The molecular formula is C5H5ClN4O. The van der Waals surface area contributed by atoms with Crippen molar-refractivity contribution in [3.05, 3.63) is 0 Å². The Morgan fingerprint density at radius 3 is 3.27 bits per heavy atom. The van der Waals surface area contributed by atoms with Crippen molar-refractivity contribution in [2.75, 3.05) is 0 Å². The first-order valence-corrected chi connectivity index (χ1v) is 3.47. The molecular weight excluding hydrogens is 168 g/mol. The fourth-order valence-corrected chi connectivity index (χ4v) is 1.21. The highest BCUT2D eigenvalue weighted by atomic mass is 35.5. The Morgan fingerprint density at radius 2 is 2.45 bits per heavy atom. The first-order chi connectivity index (χ1) is 5.27. The van der Waals surface area contributed by atoms with E-state index in [2.05, 4.69) is 20.6 Å². The van der Waals surface area contributed by atoms with Crippen LogP contribution < -0.4 is 10.6 Å². The second-order valence-corrected chi connectivity index (χ2v) is 2.60. The fourth-order valence-electron chi connectivity index (χ4n) is 1.02. The maximum atomic E-state index is 11.1. The van der Waals surface area contributed by atoms with Gasteiger partial charge in [-0.2, -0.15) is 0 Å². The number of halogens is 1. The van der Waals surface area contributed by atoms with Crippen molar-refractivity contribution >= 4 is 29.1 Å². The molecule has 6 heteroatoms. The van der Waals surface area contributed by atoms with E-state index in [1.807, 2.05) is 0 Å². The lowest BCUT2D eigenvalue weighted by atomic mass is 10.2. The number of carbonyl (C=O) groups is 1. The van der Waals surface area contributed by atoms with Gasteiger partial charge in [0.2, 0.25) is 0 Å². The van der Waals surface area contributed by atoms with Crippen LogP contribution in [0.5, 0.6) is 0 Å². The molecule has 0 saturated heterocycles. The molecule has 2 N–H and O–H groups in total. The van der Waals surface area contributed by atoms with Gasteiger partial charge in [-0.3, -0.25) is 10.1 Å². The molecule has 2 atom stereocenters. The Labute approximate surface area is 67.5 Å². The molecule has 58 valence electrons. The Bertz CT molecular complexity index is 261. The summed E-state index contributed by atoms with van der Waals surface area (Å²) in [5.41, 5.74) is 0. The second-order valence-electron chi connectivity index (χ2n) is 2.25. The van der Waals surface area contributed by atoms with E-state index in [0.29, 0.717) is 0 Å². The molecule has 0 aliphatic carbocycles. The summed E-state index contributed by atoms with van der Waals surface area (Å²) in [4.78, 5) is 18.8. The van der Waals surface area contributed by atoms with E-state index in [0.717, 1.165) is 0 Å². The van der Waals surface area contributed by atoms with Gasteiger partial charge in [0.05, 0.1) is 6.34 Å². The van der Waals surface area contributed by atoms with Crippen LogP contribution in [-0.4, -0.2) is 29.7 Å². The highest BCUT2D eigenvalue weighted by molar-refractivity contribution is 6.66. The molecule has 2 aliphatic heterocycles. The first-order valence-electron chi connectivity index (χ1n) is 3.09. The molecule has 1 amide bonds. The van der Waals surface area contributed by atoms with Crippen LogP contribution >= 0.6 is 11.6 Å². The molecule has 0 saturated carbocycles. The van der Waals surface area contributed by atoms with Crippen LogP contribution in [0.2, 0.25) is 0 Å². The van der Waals surface area contributed by atoms with E-state index in [9.17, 15) is 4.79 Å². The molecule has 0 radical (unpaired) electrons. The SMILES string of the molecule is O=C1NC(Cl)=N[C@H]2N=CN[C@@H]12. The third kappa shape index (κ3) is 0.970. The molecule has 0 aromatic carbocycles. The largest absolute Gasteiger partial charge is 0.361 e. The highest BCUT2D eigenvalue weighted by Crippen LogP contribution is 2.10. The Hall–Kier alpha value is -1.10. The molecule has 0 aromatic rings. The average molecular weight is 173 g/mol. The van der Waals surface area contributed by atoms with E-state index in [4.69, 9.17) is 11.6 Å². The standard InChI is InChI=1S/C5H5ClN4O/c6-5-9-3-2(4(11)10-5)7-1-8-3/h1-3H,(H,7,8)(H,9,10,11)/t2-,3-/m1/s1. The van der Waals surface area contributed by atoms with Crippen molar-refractivity contribution in [1.29, 1.82) is 0 Å². The number of nitrogens with one attached hydrogen (secondary N) is 2. The molecule has 2 rings (SSSR count). The number of rotatable bonds is 0. The van der Waals surface area contributed by atoms with Crippen LogP contribution in [0, 0.1) is 0 Å². The topological polar surface area (TPSA) is 65.8 Å². The molecule has 0 bridgehead atoms. The average Bonchev–Trinajstić information content (AvgIpc) is 2.34. The lowest BCUT2D eigenvalue weighted by Gasteiger charge is -2.19. The molecule has 0 unspecified atom stereocenters. The number of hydrogen-bond acceptors (Lipinski definition) is 4. The predicted octanol–water partition coefficient (Wildman–Crippen LogP) is -0.963. The lowest BCUT2D eigenvalue weighted by molar-refractivity contribution is -0.121. The Kier molecular flexibility index (Phi) is 1.32. The van der Waals surface area contributed by atoms with Crippen LogP contribution in [0.15, 0.2) is 9.98 Å². The van der Waals surface area contributed by atoms with Crippen molar-refractivity contribution in [2.24, 2.45) is 9.98 Å². The van der Waals surface area contributed by atoms with E-state index in [1.165, 1.54) is 6.34 Å². The minimum atomic E-state index is -0.378. The zero-order valence-corrected chi connectivity index (χ0v) is 6.17. The lowest BCUT2D eigenvalue weighted by Crippen LogP contribution is -2.51. The fraction of sp³-hybridized carbons (Fsp3) is 0.400. The molecule has 2 heterocycles. The monoisotopic (exact) mass is 172 g/mol. The maximum absolute atomic E-state index is 11.1. The molecule has 0 aromatic heterocycles. The van der Waals surface area contributed by atoms with Crippen molar-refractivity contribution in [3.63, 3.8) is 0 Å². The number of aliphatic imine (C=N–C) groups is 2. The summed E-state index contributed by atoms with van der Waals surface area (Å²) in [6.45, 7) is 0. The summed E-state index contributed by atoms with van der Waals surface area (Å²) in [5, 5.41) is 5.25. The third-order valence-electron chi connectivity index (χ3n) is 1.53. The number of carbonyl (C=O) groups excluding carboxylic acids is 1. The van der Waals surface area contributed by atoms with Crippen molar-refractivity contribution in [2.45, 2.75) is 12.2 Å². The van der Waals surface area contributed by atoms with E-state index in [1.54, 1.807) is 0 Å². The Balaban J connectivity index is 2.30. The smallest absolute Gasteiger partial charge is 0.253 e. The second kappa shape index (κ2) is 2.20. The van der Waals surface area contributed by atoms with Crippen molar-refractivity contribution < 1.29 is 4.79 Å². The van der Waals surface area contributed by atoms with E-state index >= 15 is 0 Å². The van der Waals surface area contributed by atoms with Gasteiger partial charge in [0.15, 0.2) is 11.5 Å². The van der Waals surface area contributed by atoms with Gasteiger partial charge >= 0.3 is 0 Å². The van der Waals surface area contributed by atoms with Gasteiger partial charge in [0.1, 0.15) is 6.04 Å². The summed E-state index contributed by atoms with van der Waals surface area (Å²) >= 11 is 5.49. The first kappa shape index (κ1) is 6.60. The van der Waals surface area contributed by atoms with Crippen molar-refractivity contribution in [1.82, 2.24) is 10.6 Å². The summed E-state index contributed by atoms with van der Waals surface area (Å²) in [6, 6.07) is -0.377. The molecule has 0 fully saturated rings. The van der Waals surface area contributed by atoms with E-state index in [-0.39, 0.29) is 23.4 Å². The third-order valence-corrected chi connectivity index (χ3v) is 1.73. The minimum Gasteiger partial charge on any atom is -0.361 e. The normalized spacial score (nSPS) is 33.9. The van der Waals surface area contributed by atoms with Crippen LogP contribution in [0.1, 0.15) is 0 Å². The van der Waals surface area contributed by atoms with E-state index < -0.39 is 0 Å². The zero-order chi connectivity index (χ0) is 7.84. The summed E-state index contributed by atoms with van der Waals surface area (Å²) in [6.07, 6.45) is 1.09. The maximum Gasteiger partial charge on any atom is 0.253 e. The number of amidine groups is 1. The number of amides is 1. The zero-order valence-electron chi connectivity index (χ0n) is 5.41. The highest BCUT2D eigenvalue weighted by Gasteiger charge is 2.34. The summed E-state index contributed by atoms with van der Waals surface area (Å²) in [5.74, 6) is -0.187. The molecule has 11 heavy (non-hydrogen) atoms. The van der Waals surface area contributed by atoms with Gasteiger partial charge in [-0.05, 0) is 11.6 Å². The quantitative estimate of drug-likeness (QED) is 0.462. The summed E-state index contributed by atoms with van der Waals surface area (Å²) in [7, 11) is 0. The molecule has 5 nitrogen and oxygen atoms in total. The van der Waals surface area contributed by atoms with Gasteiger partial charge < -0.3 is 5.32 Å². The molecule has 2 aliphatic rings. The minimum absolute atomic E-state index is 0.108. The summed E-state index contributed by atoms with van der Waals surface area (Å²) < 4.78 is 0. The van der Waals surface area contributed by atoms with Crippen LogP contribution in [0.25, 0.3) is 0 Å². The number of nitrogens with zero attached hydrogens (tertiary/aromatic N) is 2. The Morgan fingerprint density at radius 1 is 1.64 bits per heavy atom. The van der Waals surface area contributed by atoms with Gasteiger partial charge in [-0.25, -0.2) is 9.98 Å². The van der Waals surface area contributed by atoms with Crippen LogP contribution in [0.3, 0.4) is 0 Å². The number of hydrogen-bond donors (Lipinski definition) is 2. The predicted molar refractivity (Wildman–Crippen MR) is 40.6 cm³/mol. The van der Waals surface area contributed by atoms with Crippen LogP contribution in [-0.2, 0) is 4.79 Å². The van der Waals surface area contributed by atoms with Gasteiger partial charge in [-0.1, -0.05) is 0 Å². The van der Waals surface area contributed by atoms with Crippen LogP contribution in [0.4, 0.5) is 0 Å².